The molecule has 6 heteroatoms. The first-order chi connectivity index (χ1) is 12.9. The lowest BCUT2D eigenvalue weighted by Crippen LogP contribution is -2.32. The summed E-state index contributed by atoms with van der Waals surface area (Å²) in [6, 6.07) is 12.5. The Morgan fingerprint density at radius 1 is 1.11 bits per heavy atom. The van der Waals surface area contributed by atoms with Gasteiger partial charge in [0.2, 0.25) is 5.91 Å². The van der Waals surface area contributed by atoms with E-state index in [9.17, 15) is 9.59 Å². The average Bonchev–Trinajstić information content (AvgIpc) is 2.62. The third kappa shape index (κ3) is 6.29. The molecule has 2 aromatic carbocycles. The van der Waals surface area contributed by atoms with Gasteiger partial charge in [-0.25, -0.2) is 0 Å². The molecule has 0 fully saturated rings. The lowest BCUT2D eigenvalue weighted by atomic mass is 10.2. The number of aryl methyl sites for hydroxylation is 1. The van der Waals surface area contributed by atoms with Crippen LogP contribution in [0.3, 0.4) is 0 Å². The third-order valence-electron chi connectivity index (χ3n) is 3.92. The minimum absolute atomic E-state index is 0.0775. The topological polar surface area (TPSA) is 67.4 Å². The van der Waals surface area contributed by atoms with Crippen molar-refractivity contribution in [1.82, 2.24) is 0 Å². The molecule has 1 atom stereocenters. The largest absolute Gasteiger partial charge is 0.481 e. The molecule has 0 aliphatic rings. The molecule has 0 aliphatic carbocycles. The van der Waals surface area contributed by atoms with Crippen molar-refractivity contribution in [1.29, 1.82) is 0 Å². The van der Waals surface area contributed by atoms with E-state index in [1.165, 1.54) is 0 Å². The van der Waals surface area contributed by atoms with Gasteiger partial charge in [0, 0.05) is 12.1 Å². The van der Waals surface area contributed by atoms with Gasteiger partial charge in [-0.15, -0.1) is 0 Å². The molecule has 1 unspecified atom stereocenters. The number of hydrogen-bond acceptors (Lipinski definition) is 3. The fourth-order valence-corrected chi connectivity index (χ4v) is 2.70. The Hall–Kier alpha value is -2.53. The molecule has 27 heavy (non-hydrogen) atoms. The van der Waals surface area contributed by atoms with Crippen molar-refractivity contribution in [2.75, 3.05) is 10.6 Å². The number of hydrogen-bond donors (Lipinski definition) is 2. The van der Waals surface area contributed by atoms with E-state index >= 15 is 0 Å². The summed E-state index contributed by atoms with van der Waals surface area (Å²) in [7, 11) is 0. The monoisotopic (exact) mass is 388 g/mol. The smallest absolute Gasteiger partial charge is 0.265 e. The van der Waals surface area contributed by atoms with Gasteiger partial charge in [-0.05, 0) is 55.7 Å². The molecule has 5 nitrogen and oxygen atoms in total. The Morgan fingerprint density at radius 3 is 2.56 bits per heavy atom. The van der Waals surface area contributed by atoms with E-state index < -0.39 is 6.10 Å². The molecular formula is C21H25ClN2O3. The lowest BCUT2D eigenvalue weighted by Gasteiger charge is -2.18. The summed E-state index contributed by atoms with van der Waals surface area (Å²) in [6.07, 6.45) is 1.05. The van der Waals surface area contributed by atoms with Crippen LogP contribution in [0.1, 0.15) is 38.7 Å². The van der Waals surface area contributed by atoms with Crippen molar-refractivity contribution in [3.63, 3.8) is 0 Å². The summed E-state index contributed by atoms with van der Waals surface area (Å²) in [5.41, 5.74) is 2.07. The van der Waals surface area contributed by atoms with Crippen LogP contribution >= 0.6 is 11.6 Å². The molecule has 2 amide bonds. The standard InChI is InChI=1S/C21H25ClN2O3/c1-4-7-20(25)23-15-10-11-17(22)18(13-15)24-21(26)19(5-2)27-16-9-6-8-14(3)12-16/h6,8-13,19H,4-5,7H2,1-3H3,(H,23,25)(H,24,26). The first-order valence-electron chi connectivity index (χ1n) is 9.06. The van der Waals surface area contributed by atoms with Crippen molar-refractivity contribution >= 4 is 34.8 Å². The summed E-state index contributed by atoms with van der Waals surface area (Å²) in [5, 5.41) is 5.98. The van der Waals surface area contributed by atoms with Crippen LogP contribution in [0.4, 0.5) is 11.4 Å². The number of benzene rings is 2. The second-order valence-corrected chi connectivity index (χ2v) is 6.72. The number of anilines is 2. The normalized spacial score (nSPS) is 11.6. The van der Waals surface area contributed by atoms with Gasteiger partial charge in [0.15, 0.2) is 6.10 Å². The summed E-state index contributed by atoms with van der Waals surface area (Å²) < 4.78 is 5.82. The van der Waals surface area contributed by atoms with Crippen LogP contribution in [0.25, 0.3) is 0 Å². The second kappa shape index (κ2) is 9.97. The maximum Gasteiger partial charge on any atom is 0.265 e. The van der Waals surface area contributed by atoms with Crippen molar-refractivity contribution in [2.45, 2.75) is 46.1 Å². The van der Waals surface area contributed by atoms with Gasteiger partial charge in [-0.2, -0.15) is 0 Å². The van der Waals surface area contributed by atoms with Gasteiger partial charge in [0.25, 0.3) is 5.91 Å². The fourth-order valence-electron chi connectivity index (χ4n) is 2.54. The number of carbonyl (C=O) groups is 2. The van der Waals surface area contributed by atoms with E-state index in [1.807, 2.05) is 45.0 Å². The van der Waals surface area contributed by atoms with Crippen LogP contribution in [-0.4, -0.2) is 17.9 Å². The molecule has 2 N–H and O–H groups in total. The highest BCUT2D eigenvalue weighted by Gasteiger charge is 2.20. The van der Waals surface area contributed by atoms with E-state index in [1.54, 1.807) is 18.2 Å². The zero-order chi connectivity index (χ0) is 19.8. The summed E-state index contributed by atoms with van der Waals surface area (Å²) in [6.45, 7) is 5.78. The van der Waals surface area contributed by atoms with Crippen LogP contribution in [0, 0.1) is 6.92 Å². The zero-order valence-corrected chi connectivity index (χ0v) is 16.6. The Kier molecular flexibility index (Phi) is 7.67. The quantitative estimate of drug-likeness (QED) is 0.654. The molecule has 0 radical (unpaired) electrons. The van der Waals surface area contributed by atoms with E-state index in [2.05, 4.69) is 10.6 Å². The molecule has 144 valence electrons. The van der Waals surface area contributed by atoms with Crippen LogP contribution in [0.2, 0.25) is 5.02 Å². The molecule has 0 aromatic heterocycles. The fraction of sp³-hybridized carbons (Fsp3) is 0.333. The number of ether oxygens (including phenoxy) is 1. The first-order valence-corrected chi connectivity index (χ1v) is 9.44. The van der Waals surface area contributed by atoms with Gasteiger partial charge in [0.1, 0.15) is 5.75 Å². The maximum absolute atomic E-state index is 12.6. The number of amides is 2. The highest BCUT2D eigenvalue weighted by molar-refractivity contribution is 6.34. The first kappa shape index (κ1) is 20.8. The van der Waals surface area contributed by atoms with E-state index in [-0.39, 0.29) is 11.8 Å². The summed E-state index contributed by atoms with van der Waals surface area (Å²) in [5.74, 6) is 0.271. The minimum Gasteiger partial charge on any atom is -0.481 e. The number of carbonyl (C=O) groups excluding carboxylic acids is 2. The van der Waals surface area contributed by atoms with Gasteiger partial charge in [-0.1, -0.05) is 37.6 Å². The molecule has 0 spiro atoms. The number of nitrogens with one attached hydrogen (secondary N) is 2. The summed E-state index contributed by atoms with van der Waals surface area (Å²) in [4.78, 5) is 24.4. The van der Waals surface area contributed by atoms with Gasteiger partial charge >= 0.3 is 0 Å². The third-order valence-corrected chi connectivity index (χ3v) is 4.25. The highest BCUT2D eigenvalue weighted by Crippen LogP contribution is 2.26. The average molecular weight is 389 g/mol. The Bertz CT molecular complexity index is 808. The summed E-state index contributed by atoms with van der Waals surface area (Å²) >= 11 is 6.20. The molecular weight excluding hydrogens is 364 g/mol. The Morgan fingerprint density at radius 2 is 1.89 bits per heavy atom. The molecule has 2 aromatic rings. The number of rotatable bonds is 8. The van der Waals surface area contributed by atoms with Crippen LogP contribution in [-0.2, 0) is 9.59 Å². The molecule has 0 saturated carbocycles. The predicted octanol–water partition coefficient (Wildman–Crippen LogP) is 5.18. The molecule has 0 saturated heterocycles. The molecule has 0 bridgehead atoms. The van der Waals surface area contributed by atoms with Crippen molar-refractivity contribution < 1.29 is 14.3 Å². The Labute approximate surface area is 165 Å². The van der Waals surface area contributed by atoms with E-state index in [0.29, 0.717) is 35.0 Å². The van der Waals surface area contributed by atoms with Crippen LogP contribution in [0.15, 0.2) is 42.5 Å². The molecule has 0 heterocycles. The van der Waals surface area contributed by atoms with Crippen LogP contribution < -0.4 is 15.4 Å². The predicted molar refractivity (Wildman–Crippen MR) is 110 cm³/mol. The maximum atomic E-state index is 12.6. The highest BCUT2D eigenvalue weighted by atomic mass is 35.5. The van der Waals surface area contributed by atoms with Gasteiger partial charge in [0.05, 0.1) is 10.7 Å². The molecule has 2 rings (SSSR count). The van der Waals surface area contributed by atoms with Gasteiger partial charge < -0.3 is 15.4 Å². The Balaban J connectivity index is 2.09. The van der Waals surface area contributed by atoms with Crippen molar-refractivity contribution in [3.05, 3.63) is 53.1 Å². The second-order valence-electron chi connectivity index (χ2n) is 6.31. The van der Waals surface area contributed by atoms with Gasteiger partial charge in [-0.3, -0.25) is 9.59 Å². The SMILES string of the molecule is CCCC(=O)Nc1ccc(Cl)c(NC(=O)C(CC)Oc2cccc(C)c2)c1. The van der Waals surface area contributed by atoms with Crippen molar-refractivity contribution in [2.24, 2.45) is 0 Å². The minimum atomic E-state index is -0.652. The van der Waals surface area contributed by atoms with Crippen molar-refractivity contribution in [3.8, 4) is 5.75 Å². The van der Waals surface area contributed by atoms with E-state index in [4.69, 9.17) is 16.3 Å². The van der Waals surface area contributed by atoms with Crippen LogP contribution in [0.5, 0.6) is 5.75 Å². The van der Waals surface area contributed by atoms with E-state index in [0.717, 1.165) is 12.0 Å². The zero-order valence-electron chi connectivity index (χ0n) is 15.8. The molecule has 0 aliphatic heterocycles. The lowest BCUT2D eigenvalue weighted by molar-refractivity contribution is -0.122. The number of halogens is 1.